The van der Waals surface area contributed by atoms with Gasteiger partial charge in [-0.3, -0.25) is 10.1 Å². The fourth-order valence-electron chi connectivity index (χ4n) is 1.92. The van der Waals surface area contributed by atoms with Crippen molar-refractivity contribution in [3.8, 4) is 11.7 Å². The number of nitrogens with zero attached hydrogens (tertiary/aromatic N) is 1. The van der Waals surface area contributed by atoms with Gasteiger partial charge in [0.2, 0.25) is 0 Å². The van der Waals surface area contributed by atoms with Crippen LogP contribution in [0.3, 0.4) is 0 Å². The van der Waals surface area contributed by atoms with Gasteiger partial charge in [0.1, 0.15) is 4.90 Å². The van der Waals surface area contributed by atoms with Crippen LogP contribution in [0.25, 0.3) is 0 Å². The number of ether oxygens (including phenoxy) is 1. The lowest BCUT2D eigenvalue weighted by molar-refractivity contribution is -0.384. The average Bonchev–Trinajstić information content (AvgIpc) is 2.55. The Kier molecular flexibility index (Phi) is 4.60. The van der Waals surface area contributed by atoms with E-state index in [4.69, 9.17) is 13.3 Å². The predicted octanol–water partition coefficient (Wildman–Crippen LogP) is 1.94. The number of hydrogen-bond donors (Lipinski definition) is 0. The van der Waals surface area contributed by atoms with Gasteiger partial charge in [0.15, 0.2) is 5.75 Å². The molecule has 0 atom stereocenters. The van der Waals surface area contributed by atoms with Crippen LogP contribution in [0, 0.1) is 24.0 Å². The van der Waals surface area contributed by atoms with Crippen molar-refractivity contribution in [1.82, 2.24) is 0 Å². The summed E-state index contributed by atoms with van der Waals surface area (Å²) in [4.78, 5) is 21.4. The summed E-state index contributed by atoms with van der Waals surface area (Å²) in [7, 11) is -3.04. The Morgan fingerprint density at radius 3 is 2.21 bits per heavy atom. The third-order valence-corrected chi connectivity index (χ3v) is 4.43. The molecule has 0 unspecified atom stereocenters. The van der Waals surface area contributed by atoms with Crippen LogP contribution in [0.15, 0.2) is 38.4 Å². The molecule has 0 amide bonds. The standard InChI is InChI=1S/C14H13NO8S/c1-8-12(9(2)14(21-3)22-13(8)16)23-24(19,20)11-6-4-10(5-7-11)15(17)18/h4-7H,1-3H3. The fourth-order valence-corrected chi connectivity index (χ4v) is 2.95. The maximum atomic E-state index is 12.3. The van der Waals surface area contributed by atoms with Crippen LogP contribution in [0.5, 0.6) is 11.7 Å². The molecule has 1 aromatic carbocycles. The van der Waals surface area contributed by atoms with Gasteiger partial charge in [-0.05, 0) is 26.0 Å². The first-order chi connectivity index (χ1) is 11.2. The van der Waals surface area contributed by atoms with Crippen molar-refractivity contribution in [2.24, 2.45) is 0 Å². The van der Waals surface area contributed by atoms with Crippen LogP contribution >= 0.6 is 0 Å². The third-order valence-electron chi connectivity index (χ3n) is 3.19. The van der Waals surface area contributed by atoms with Crippen molar-refractivity contribution in [3.63, 3.8) is 0 Å². The molecule has 0 aliphatic carbocycles. The van der Waals surface area contributed by atoms with E-state index in [1.54, 1.807) is 0 Å². The molecule has 0 saturated heterocycles. The molecule has 1 heterocycles. The Labute approximate surface area is 136 Å². The van der Waals surface area contributed by atoms with Crippen LogP contribution in [0.4, 0.5) is 5.69 Å². The second-order valence-corrected chi connectivity index (χ2v) is 6.30. The van der Waals surface area contributed by atoms with Gasteiger partial charge in [-0.15, -0.1) is 0 Å². The molecule has 9 nitrogen and oxygen atoms in total. The van der Waals surface area contributed by atoms with Crippen molar-refractivity contribution >= 4 is 15.8 Å². The number of nitro groups is 1. The third kappa shape index (κ3) is 3.23. The highest BCUT2D eigenvalue weighted by molar-refractivity contribution is 7.87. The van der Waals surface area contributed by atoms with E-state index in [1.807, 2.05) is 0 Å². The zero-order valence-corrected chi connectivity index (χ0v) is 13.7. The summed E-state index contributed by atoms with van der Waals surface area (Å²) in [6.07, 6.45) is 0. The Morgan fingerprint density at radius 1 is 1.12 bits per heavy atom. The number of benzene rings is 1. The number of non-ortho nitro benzene ring substituents is 1. The molecular weight excluding hydrogens is 342 g/mol. The van der Waals surface area contributed by atoms with E-state index in [0.29, 0.717) is 0 Å². The highest BCUT2D eigenvalue weighted by Crippen LogP contribution is 2.31. The predicted molar refractivity (Wildman–Crippen MR) is 81.9 cm³/mol. The van der Waals surface area contributed by atoms with Crippen LogP contribution in [-0.2, 0) is 10.1 Å². The minimum atomic E-state index is -4.30. The maximum Gasteiger partial charge on any atom is 0.345 e. The van der Waals surface area contributed by atoms with Crippen molar-refractivity contribution in [3.05, 3.63) is 55.9 Å². The van der Waals surface area contributed by atoms with Crippen molar-refractivity contribution in [1.29, 1.82) is 0 Å². The highest BCUT2D eigenvalue weighted by Gasteiger charge is 2.24. The molecule has 0 radical (unpaired) electrons. The molecule has 128 valence electrons. The van der Waals surface area contributed by atoms with E-state index >= 15 is 0 Å². The highest BCUT2D eigenvalue weighted by atomic mass is 32.2. The summed E-state index contributed by atoms with van der Waals surface area (Å²) in [5.41, 5.74) is -0.909. The monoisotopic (exact) mass is 355 g/mol. The molecule has 0 N–H and O–H groups in total. The topological polar surface area (TPSA) is 126 Å². The Balaban J connectivity index is 2.48. The number of methoxy groups -OCH3 is 1. The van der Waals surface area contributed by atoms with Crippen LogP contribution < -0.4 is 14.5 Å². The molecule has 1 aromatic heterocycles. The second kappa shape index (κ2) is 6.32. The average molecular weight is 355 g/mol. The first-order valence-corrected chi connectivity index (χ1v) is 7.95. The van der Waals surface area contributed by atoms with E-state index in [-0.39, 0.29) is 33.4 Å². The van der Waals surface area contributed by atoms with E-state index in [0.717, 1.165) is 24.3 Å². The molecule has 0 spiro atoms. The fraction of sp³-hybridized carbons (Fsp3) is 0.214. The molecule has 0 saturated carbocycles. The Bertz CT molecular complexity index is 944. The van der Waals surface area contributed by atoms with E-state index in [2.05, 4.69) is 0 Å². The van der Waals surface area contributed by atoms with Gasteiger partial charge in [0.05, 0.1) is 23.2 Å². The zero-order chi connectivity index (χ0) is 18.1. The number of hydrogen-bond acceptors (Lipinski definition) is 8. The van der Waals surface area contributed by atoms with Crippen molar-refractivity contribution in [2.75, 3.05) is 7.11 Å². The summed E-state index contributed by atoms with van der Waals surface area (Å²) in [6, 6.07) is 4.16. The summed E-state index contributed by atoms with van der Waals surface area (Å²) in [5.74, 6) is -0.374. The van der Waals surface area contributed by atoms with Crippen molar-refractivity contribution < 1.29 is 26.7 Å². The van der Waals surface area contributed by atoms with Crippen LogP contribution in [-0.4, -0.2) is 20.5 Å². The quantitative estimate of drug-likeness (QED) is 0.452. The summed E-state index contributed by atoms with van der Waals surface area (Å²) in [6.45, 7) is 2.81. The van der Waals surface area contributed by atoms with Gasteiger partial charge in [0, 0.05) is 12.1 Å². The molecule has 0 bridgehead atoms. The minimum absolute atomic E-state index is 0.0428. The lowest BCUT2D eigenvalue weighted by Gasteiger charge is -2.12. The molecule has 0 aliphatic heterocycles. The Morgan fingerprint density at radius 2 is 1.71 bits per heavy atom. The second-order valence-electron chi connectivity index (χ2n) is 4.75. The number of rotatable bonds is 5. The summed E-state index contributed by atoms with van der Waals surface area (Å²) in [5, 5.41) is 10.6. The first kappa shape index (κ1) is 17.5. The van der Waals surface area contributed by atoms with Crippen molar-refractivity contribution in [2.45, 2.75) is 18.7 Å². The van der Waals surface area contributed by atoms with E-state index in [1.165, 1.54) is 21.0 Å². The summed E-state index contributed by atoms with van der Waals surface area (Å²) >= 11 is 0. The molecule has 2 aromatic rings. The van der Waals surface area contributed by atoms with Gasteiger partial charge < -0.3 is 13.3 Å². The smallest absolute Gasteiger partial charge is 0.345 e. The Hall–Kier alpha value is -2.88. The molecule has 0 aliphatic rings. The van der Waals surface area contributed by atoms with Crippen LogP contribution in [0.2, 0.25) is 0 Å². The SMILES string of the molecule is COc1oc(=O)c(C)c(OS(=O)(=O)c2ccc([N+](=O)[O-])cc2)c1C. The number of nitro benzene ring substituents is 1. The summed E-state index contributed by atoms with van der Waals surface area (Å²) < 4.78 is 39.4. The zero-order valence-electron chi connectivity index (χ0n) is 12.9. The molecule has 0 fully saturated rings. The minimum Gasteiger partial charge on any atom is -0.468 e. The largest absolute Gasteiger partial charge is 0.468 e. The van der Waals surface area contributed by atoms with Crippen LogP contribution in [0.1, 0.15) is 11.1 Å². The maximum absolute atomic E-state index is 12.3. The lowest BCUT2D eigenvalue weighted by atomic mass is 10.2. The van der Waals surface area contributed by atoms with Gasteiger partial charge in [-0.2, -0.15) is 8.42 Å². The van der Waals surface area contributed by atoms with Gasteiger partial charge in [-0.25, -0.2) is 4.79 Å². The van der Waals surface area contributed by atoms with E-state index in [9.17, 15) is 23.3 Å². The lowest BCUT2D eigenvalue weighted by Crippen LogP contribution is -2.15. The normalized spacial score (nSPS) is 11.1. The molecular formula is C14H13NO8S. The van der Waals surface area contributed by atoms with Gasteiger partial charge >= 0.3 is 15.7 Å². The van der Waals surface area contributed by atoms with Gasteiger partial charge in [-0.1, -0.05) is 0 Å². The molecule has 24 heavy (non-hydrogen) atoms. The molecule has 2 rings (SSSR count). The van der Waals surface area contributed by atoms with E-state index < -0.39 is 20.7 Å². The first-order valence-electron chi connectivity index (χ1n) is 6.54. The molecule has 10 heteroatoms. The van der Waals surface area contributed by atoms with Gasteiger partial charge in [0.25, 0.3) is 11.6 Å².